The highest BCUT2D eigenvalue weighted by Crippen LogP contribution is 2.59. The lowest BCUT2D eigenvalue weighted by Crippen LogP contribution is -2.45. The highest BCUT2D eigenvalue weighted by Gasteiger charge is 2.66. The number of hydrogen-bond donors (Lipinski definition) is 4. The molecule has 36 heavy (non-hydrogen) atoms. The molecule has 4 N–H and O–H groups in total. The van der Waals surface area contributed by atoms with E-state index in [1.807, 2.05) is 6.92 Å². The van der Waals surface area contributed by atoms with Crippen LogP contribution in [0.4, 0.5) is 11.4 Å². The van der Waals surface area contributed by atoms with E-state index in [0.29, 0.717) is 23.5 Å². The zero-order chi connectivity index (χ0) is 26.6. The van der Waals surface area contributed by atoms with Crippen molar-refractivity contribution in [2.24, 2.45) is 5.92 Å². The maximum atomic E-state index is 13.8. The van der Waals surface area contributed by atoms with Gasteiger partial charge in [0.25, 0.3) is 11.8 Å². The molecular weight excluding hydrogens is 482 g/mol. The normalized spacial score (nSPS) is 30.7. The third-order valence-electron chi connectivity index (χ3n) is 8.04. The maximum Gasteiger partial charge on any atom is 0.264 e. The Bertz CT molecular complexity index is 1060. The molecule has 0 aliphatic carbocycles. The summed E-state index contributed by atoms with van der Waals surface area (Å²) in [6, 6.07) is 4.85. The first-order chi connectivity index (χ1) is 16.8. The molecule has 2 fully saturated rings. The average Bonchev–Trinajstić information content (AvgIpc) is 3.45. The zero-order valence-electron chi connectivity index (χ0n) is 21.5. The number of benzene rings is 1. The zero-order valence-corrected chi connectivity index (χ0v) is 22.5. The van der Waals surface area contributed by atoms with Crippen molar-refractivity contribution in [2.45, 2.75) is 75.6 Å². The molecule has 10 nitrogen and oxygen atoms in total. The number of fused-ring (bicyclic) bond motifs is 2. The Balaban J connectivity index is 1.73. The number of carbonyl (C=O) groups excluding carboxylic acids is 3. The molecule has 1 spiro atoms. The first-order valence-corrected chi connectivity index (χ1v) is 15.6. The van der Waals surface area contributed by atoms with Crippen molar-refractivity contribution < 1.29 is 34.1 Å². The van der Waals surface area contributed by atoms with Gasteiger partial charge in [-0.3, -0.25) is 14.4 Å². The number of nitrogens with one attached hydrogen (secondary N) is 1. The van der Waals surface area contributed by atoms with Crippen LogP contribution < -0.4 is 10.2 Å². The number of nitrogens with zero attached hydrogens (tertiary/aromatic N) is 2. The Labute approximate surface area is 212 Å². The number of likely N-dealkylation sites (tertiary alicyclic amines) is 1. The highest BCUT2D eigenvalue weighted by atomic mass is 28.4. The molecule has 0 aromatic heterocycles. The third kappa shape index (κ3) is 4.26. The number of anilines is 2. The summed E-state index contributed by atoms with van der Waals surface area (Å²) >= 11 is 0. The van der Waals surface area contributed by atoms with Crippen molar-refractivity contribution in [3.63, 3.8) is 0 Å². The minimum absolute atomic E-state index is 0.00896. The highest BCUT2D eigenvalue weighted by molar-refractivity contribution is 6.71. The van der Waals surface area contributed by atoms with Crippen molar-refractivity contribution in [1.29, 1.82) is 0 Å². The predicted molar refractivity (Wildman–Crippen MR) is 136 cm³/mol. The van der Waals surface area contributed by atoms with Gasteiger partial charge in [0.05, 0.1) is 30.9 Å². The maximum absolute atomic E-state index is 13.8. The molecule has 0 unspecified atom stereocenters. The number of aliphatic hydroxyl groups is 2. The quantitative estimate of drug-likeness (QED) is 0.414. The summed E-state index contributed by atoms with van der Waals surface area (Å²) in [6.45, 7) is 7.31. The summed E-state index contributed by atoms with van der Waals surface area (Å²) in [5, 5.41) is 21.9. The Kier molecular flexibility index (Phi) is 7.08. The summed E-state index contributed by atoms with van der Waals surface area (Å²) < 4.78 is 6.59. The van der Waals surface area contributed by atoms with Crippen LogP contribution in [0, 0.1) is 5.92 Å². The molecule has 3 aliphatic rings. The minimum Gasteiger partial charge on any atom is -0.432 e. The monoisotopic (exact) mass is 519 g/mol. The van der Waals surface area contributed by atoms with Gasteiger partial charge in [-0.05, 0) is 51.1 Å². The number of rotatable bonds is 6. The van der Waals surface area contributed by atoms with Gasteiger partial charge in [0.1, 0.15) is 6.10 Å². The van der Waals surface area contributed by atoms with E-state index in [9.17, 15) is 29.4 Å². The van der Waals surface area contributed by atoms with Crippen LogP contribution in [0.1, 0.15) is 38.7 Å². The fraction of sp³-hybridized carbons (Fsp3) is 0.640. The van der Waals surface area contributed by atoms with Crippen LogP contribution in [0.15, 0.2) is 18.2 Å². The number of aliphatic hydroxyl groups excluding tert-OH is 2. The van der Waals surface area contributed by atoms with Gasteiger partial charge in [0.2, 0.25) is 5.91 Å². The van der Waals surface area contributed by atoms with Crippen LogP contribution in [0.3, 0.4) is 0 Å². The molecule has 3 heterocycles. The van der Waals surface area contributed by atoms with Crippen LogP contribution in [0.25, 0.3) is 0 Å². The second-order valence-electron chi connectivity index (χ2n) is 10.9. The second kappa shape index (κ2) is 9.53. The third-order valence-corrected chi connectivity index (χ3v) is 10.5. The molecule has 6 atom stereocenters. The topological polar surface area (TPSA) is 140 Å². The Morgan fingerprint density at radius 3 is 2.64 bits per heavy atom. The van der Waals surface area contributed by atoms with Gasteiger partial charge in [-0.2, -0.15) is 0 Å². The molecule has 4 rings (SSSR count). The van der Waals surface area contributed by atoms with Crippen molar-refractivity contribution in [3.8, 4) is 0 Å². The molecule has 1 aromatic rings. The number of ether oxygens (including phenoxy) is 1. The SMILES string of the molecule is C[C@H](O)C(=O)Nc1ccc2c(c1)[C@]1(O[C@@H](CC(=O)N3CCC[C@H]3CO)[C@H]([Si](C)(C)O)[C@H]1C)C(=O)N2C. The summed E-state index contributed by atoms with van der Waals surface area (Å²) in [4.78, 5) is 53.7. The van der Waals surface area contributed by atoms with Crippen LogP contribution >= 0.6 is 0 Å². The molecule has 1 aromatic carbocycles. The van der Waals surface area contributed by atoms with E-state index in [-0.39, 0.29) is 30.9 Å². The summed E-state index contributed by atoms with van der Waals surface area (Å²) in [5.74, 6) is -1.44. The number of likely N-dealkylation sites (N-methyl/N-ethyl adjacent to an activating group) is 1. The van der Waals surface area contributed by atoms with Crippen LogP contribution in [0.2, 0.25) is 18.6 Å². The van der Waals surface area contributed by atoms with E-state index in [0.717, 1.165) is 12.8 Å². The summed E-state index contributed by atoms with van der Waals surface area (Å²) in [5.41, 5.74) is -0.212. The van der Waals surface area contributed by atoms with Gasteiger partial charge >= 0.3 is 0 Å². The predicted octanol–water partition coefficient (Wildman–Crippen LogP) is 1.15. The molecule has 0 bridgehead atoms. The van der Waals surface area contributed by atoms with Crippen molar-refractivity contribution >= 4 is 37.4 Å². The molecule has 0 radical (unpaired) electrons. The van der Waals surface area contributed by atoms with E-state index >= 15 is 0 Å². The van der Waals surface area contributed by atoms with E-state index in [1.54, 1.807) is 43.2 Å². The van der Waals surface area contributed by atoms with E-state index < -0.39 is 43.5 Å². The van der Waals surface area contributed by atoms with E-state index in [1.165, 1.54) is 11.8 Å². The molecule has 0 saturated carbocycles. The molecule has 2 saturated heterocycles. The first kappa shape index (κ1) is 26.7. The second-order valence-corrected chi connectivity index (χ2v) is 14.9. The number of amides is 3. The number of hydrogen-bond acceptors (Lipinski definition) is 7. The van der Waals surface area contributed by atoms with Crippen molar-refractivity contribution in [1.82, 2.24) is 4.90 Å². The molecule has 198 valence electrons. The van der Waals surface area contributed by atoms with Gasteiger partial charge in [-0.15, -0.1) is 0 Å². The standard InChI is InChI=1S/C25H37N3O7Si/c1-14-22(36(4,5)34)20(12-21(31)28-10-6-7-17(28)13-29)35-25(14)18-11-16(26-23(32)15(2)30)8-9-19(18)27(3)24(25)33/h8-9,11,14-15,17,20,22,29-30,34H,6-7,10,12-13H2,1-5H3,(H,26,32)/t14-,15+,17+,20+,22-,25+/m1/s1. The lowest BCUT2D eigenvalue weighted by molar-refractivity contribution is -0.149. The molecule has 3 aliphatic heterocycles. The molecule has 3 amide bonds. The van der Waals surface area contributed by atoms with E-state index in [4.69, 9.17) is 4.74 Å². The Morgan fingerprint density at radius 1 is 1.33 bits per heavy atom. The lowest BCUT2D eigenvalue weighted by atomic mass is 9.82. The Hall–Kier alpha value is -2.31. The van der Waals surface area contributed by atoms with Gasteiger partial charge in [0.15, 0.2) is 13.9 Å². The van der Waals surface area contributed by atoms with E-state index in [2.05, 4.69) is 5.32 Å². The first-order valence-electron chi connectivity index (χ1n) is 12.5. The van der Waals surface area contributed by atoms with Gasteiger partial charge in [0, 0.05) is 36.3 Å². The van der Waals surface area contributed by atoms with Crippen LogP contribution in [0.5, 0.6) is 0 Å². The fourth-order valence-corrected chi connectivity index (χ4v) is 8.90. The fourth-order valence-electron chi connectivity index (χ4n) is 6.35. The van der Waals surface area contributed by atoms with Gasteiger partial charge in [-0.1, -0.05) is 6.92 Å². The van der Waals surface area contributed by atoms with Crippen LogP contribution in [-0.4, -0.2) is 84.4 Å². The summed E-state index contributed by atoms with van der Waals surface area (Å²) in [6.07, 6.45) is -0.306. The van der Waals surface area contributed by atoms with Gasteiger partial charge < -0.3 is 34.9 Å². The number of carbonyl (C=O) groups is 3. The Morgan fingerprint density at radius 2 is 2.03 bits per heavy atom. The smallest absolute Gasteiger partial charge is 0.264 e. The molecular formula is C25H37N3O7Si. The van der Waals surface area contributed by atoms with Crippen molar-refractivity contribution in [3.05, 3.63) is 23.8 Å². The van der Waals surface area contributed by atoms with Crippen LogP contribution in [-0.2, 0) is 24.7 Å². The minimum atomic E-state index is -2.92. The summed E-state index contributed by atoms with van der Waals surface area (Å²) in [7, 11) is -1.26. The lowest BCUT2D eigenvalue weighted by Gasteiger charge is -2.32. The van der Waals surface area contributed by atoms with Gasteiger partial charge in [-0.25, -0.2) is 0 Å². The molecule has 11 heteroatoms. The van der Waals surface area contributed by atoms with Crippen molar-refractivity contribution in [2.75, 3.05) is 30.4 Å². The largest absolute Gasteiger partial charge is 0.432 e. The average molecular weight is 520 g/mol.